The summed E-state index contributed by atoms with van der Waals surface area (Å²) in [4.78, 5) is 0. The zero-order valence-corrected chi connectivity index (χ0v) is 22.1. The fourth-order valence-electron chi connectivity index (χ4n) is 5.93. The van der Waals surface area contributed by atoms with Crippen molar-refractivity contribution >= 4 is 10.8 Å². The predicted octanol–water partition coefficient (Wildman–Crippen LogP) is 10.8. The molecule has 0 radical (unpaired) electrons. The molecule has 0 bridgehead atoms. The molecule has 0 saturated carbocycles. The molecule has 1 aliphatic carbocycles. The molecule has 0 spiro atoms. The molecule has 7 rings (SSSR count). The van der Waals surface area contributed by atoms with E-state index in [-0.39, 0.29) is 5.41 Å². The minimum atomic E-state index is 0.128. The number of hydrogen-bond donors (Lipinski definition) is 0. The maximum atomic E-state index is 2.41. The van der Waals surface area contributed by atoms with Crippen LogP contribution in [-0.4, -0.2) is 0 Å². The fraction of sp³-hybridized carbons (Fsp3) is 0.105. The van der Waals surface area contributed by atoms with Crippen LogP contribution in [0.1, 0.15) is 26.3 Å². The second-order valence-corrected chi connectivity index (χ2v) is 11.4. The van der Waals surface area contributed by atoms with Gasteiger partial charge in [0.15, 0.2) is 0 Å². The molecule has 38 heavy (non-hydrogen) atoms. The molecule has 0 heteroatoms. The van der Waals surface area contributed by atoms with Crippen LogP contribution < -0.4 is 0 Å². The predicted molar refractivity (Wildman–Crippen MR) is 163 cm³/mol. The standard InChI is InChI=1S/C38H30/c1-38(2,3)30-19-20-32-35-22-21-31(33-13-8-14-34(37(33)35)36(32)24-30)29-12-7-11-28(23-29)27-17-15-26(16-18-27)25-9-5-4-6-10-25/h4-24H,1-3H3. The van der Waals surface area contributed by atoms with E-state index >= 15 is 0 Å². The smallest absolute Gasteiger partial charge is 0.00201 e. The van der Waals surface area contributed by atoms with Gasteiger partial charge in [-0.1, -0.05) is 136 Å². The third kappa shape index (κ3) is 3.68. The average Bonchev–Trinajstić information content (AvgIpc) is 3.28. The number of benzene rings is 6. The van der Waals surface area contributed by atoms with E-state index in [0.29, 0.717) is 0 Å². The first-order valence-corrected chi connectivity index (χ1v) is 13.4. The van der Waals surface area contributed by atoms with Crippen LogP contribution in [0.25, 0.3) is 66.4 Å². The van der Waals surface area contributed by atoms with Crippen LogP contribution >= 0.6 is 0 Å². The van der Waals surface area contributed by atoms with Gasteiger partial charge in [-0.3, -0.25) is 0 Å². The highest BCUT2D eigenvalue weighted by Crippen LogP contribution is 2.50. The Morgan fingerprint density at radius 2 is 0.947 bits per heavy atom. The van der Waals surface area contributed by atoms with Gasteiger partial charge in [0.25, 0.3) is 0 Å². The second-order valence-electron chi connectivity index (χ2n) is 11.4. The second kappa shape index (κ2) is 8.57. The Hall–Kier alpha value is -4.42. The van der Waals surface area contributed by atoms with Crippen molar-refractivity contribution < 1.29 is 0 Å². The Labute approximate surface area is 225 Å². The van der Waals surface area contributed by atoms with Crippen LogP contribution in [-0.2, 0) is 5.41 Å². The maximum absolute atomic E-state index is 2.41. The molecule has 6 aromatic rings. The van der Waals surface area contributed by atoms with E-state index in [1.807, 2.05) is 0 Å². The lowest BCUT2D eigenvalue weighted by molar-refractivity contribution is 0.590. The molecule has 0 heterocycles. The Bertz CT molecular complexity index is 1810. The van der Waals surface area contributed by atoms with Crippen LogP contribution in [0, 0.1) is 0 Å². The number of fused-ring (bicyclic) bond motifs is 3. The first kappa shape index (κ1) is 22.8. The van der Waals surface area contributed by atoms with Gasteiger partial charge >= 0.3 is 0 Å². The van der Waals surface area contributed by atoms with Gasteiger partial charge in [0.2, 0.25) is 0 Å². The monoisotopic (exact) mass is 486 g/mol. The third-order valence-corrected chi connectivity index (χ3v) is 8.01. The van der Waals surface area contributed by atoms with Gasteiger partial charge in [-0.25, -0.2) is 0 Å². The summed E-state index contributed by atoms with van der Waals surface area (Å²) in [7, 11) is 0. The van der Waals surface area contributed by atoms with Crippen molar-refractivity contribution in [3.63, 3.8) is 0 Å². The molecule has 182 valence electrons. The van der Waals surface area contributed by atoms with Crippen molar-refractivity contribution in [1.82, 2.24) is 0 Å². The van der Waals surface area contributed by atoms with Gasteiger partial charge in [-0.05, 0) is 89.5 Å². The minimum Gasteiger partial charge on any atom is -0.0622 e. The molecule has 6 aromatic carbocycles. The zero-order chi connectivity index (χ0) is 25.9. The molecule has 0 aromatic heterocycles. The normalized spacial score (nSPS) is 12.1. The van der Waals surface area contributed by atoms with Crippen LogP contribution in [0.5, 0.6) is 0 Å². The lowest BCUT2D eigenvalue weighted by Crippen LogP contribution is -2.10. The van der Waals surface area contributed by atoms with Gasteiger partial charge in [-0.2, -0.15) is 0 Å². The van der Waals surface area contributed by atoms with Crippen molar-refractivity contribution in [3.05, 3.63) is 133 Å². The summed E-state index contributed by atoms with van der Waals surface area (Å²) >= 11 is 0. The SMILES string of the molecule is CC(C)(C)c1ccc2c(c1)-c1cccc3c(-c4cccc(-c5ccc(-c6ccccc6)cc5)c4)ccc-2c13. The summed E-state index contributed by atoms with van der Waals surface area (Å²) in [5.74, 6) is 0. The fourth-order valence-corrected chi connectivity index (χ4v) is 5.93. The molecule has 0 fully saturated rings. The third-order valence-electron chi connectivity index (χ3n) is 8.01. The van der Waals surface area contributed by atoms with Crippen LogP contribution in [0.2, 0.25) is 0 Å². The average molecular weight is 487 g/mol. The highest BCUT2D eigenvalue weighted by atomic mass is 14.3. The summed E-state index contributed by atoms with van der Waals surface area (Å²) < 4.78 is 0. The van der Waals surface area contributed by atoms with Crippen LogP contribution in [0.15, 0.2) is 127 Å². The highest BCUT2D eigenvalue weighted by molar-refractivity contribution is 6.18. The molecular formula is C38H30. The van der Waals surface area contributed by atoms with E-state index in [1.165, 1.54) is 72.0 Å². The lowest BCUT2D eigenvalue weighted by Gasteiger charge is -2.20. The van der Waals surface area contributed by atoms with Crippen molar-refractivity contribution in [3.8, 4) is 55.6 Å². The number of hydrogen-bond acceptors (Lipinski definition) is 0. The summed E-state index contributed by atoms with van der Waals surface area (Å²) in [6, 6.07) is 46.9. The Morgan fingerprint density at radius 1 is 0.368 bits per heavy atom. The van der Waals surface area contributed by atoms with E-state index in [9.17, 15) is 0 Å². The first-order chi connectivity index (χ1) is 18.5. The quantitative estimate of drug-likeness (QED) is 0.233. The molecule has 0 aliphatic heterocycles. The van der Waals surface area contributed by atoms with E-state index in [1.54, 1.807) is 0 Å². The Kier molecular flexibility index (Phi) is 5.13. The molecular weight excluding hydrogens is 456 g/mol. The maximum Gasteiger partial charge on any atom is -0.00201 e. The minimum absolute atomic E-state index is 0.128. The summed E-state index contributed by atoms with van der Waals surface area (Å²) in [6.07, 6.45) is 0. The van der Waals surface area contributed by atoms with Crippen molar-refractivity contribution in [2.45, 2.75) is 26.2 Å². The van der Waals surface area contributed by atoms with Crippen LogP contribution in [0.3, 0.4) is 0 Å². The largest absolute Gasteiger partial charge is 0.0622 e. The van der Waals surface area contributed by atoms with Gasteiger partial charge in [-0.15, -0.1) is 0 Å². The molecule has 0 N–H and O–H groups in total. The van der Waals surface area contributed by atoms with Crippen molar-refractivity contribution in [1.29, 1.82) is 0 Å². The van der Waals surface area contributed by atoms with E-state index in [0.717, 1.165) is 0 Å². The highest BCUT2D eigenvalue weighted by Gasteiger charge is 2.25. The van der Waals surface area contributed by atoms with E-state index in [4.69, 9.17) is 0 Å². The van der Waals surface area contributed by atoms with Gasteiger partial charge in [0, 0.05) is 0 Å². The van der Waals surface area contributed by atoms with Crippen LogP contribution in [0.4, 0.5) is 0 Å². The first-order valence-electron chi connectivity index (χ1n) is 13.4. The molecule has 0 amide bonds. The topological polar surface area (TPSA) is 0 Å². The van der Waals surface area contributed by atoms with Gasteiger partial charge in [0.1, 0.15) is 0 Å². The van der Waals surface area contributed by atoms with Crippen molar-refractivity contribution in [2.24, 2.45) is 0 Å². The molecule has 0 nitrogen and oxygen atoms in total. The molecule has 0 unspecified atom stereocenters. The van der Waals surface area contributed by atoms with Crippen molar-refractivity contribution in [2.75, 3.05) is 0 Å². The summed E-state index contributed by atoms with van der Waals surface area (Å²) in [6.45, 7) is 6.87. The van der Waals surface area contributed by atoms with E-state index < -0.39 is 0 Å². The Morgan fingerprint density at radius 3 is 1.71 bits per heavy atom. The Balaban J connectivity index is 1.31. The van der Waals surface area contributed by atoms with Gasteiger partial charge < -0.3 is 0 Å². The zero-order valence-electron chi connectivity index (χ0n) is 22.1. The lowest BCUT2D eigenvalue weighted by atomic mass is 9.85. The van der Waals surface area contributed by atoms with E-state index in [2.05, 4.69) is 148 Å². The molecule has 0 atom stereocenters. The van der Waals surface area contributed by atoms with Gasteiger partial charge in [0.05, 0.1) is 0 Å². The summed E-state index contributed by atoms with van der Waals surface area (Å²) in [5.41, 5.74) is 14.4. The molecule has 1 aliphatic rings. The number of rotatable bonds is 3. The summed E-state index contributed by atoms with van der Waals surface area (Å²) in [5, 5.41) is 2.70. The molecule has 0 saturated heterocycles.